The molecular weight excluding hydrogens is 212 g/mol. The molecular formula is C9H15N4O3+. The Labute approximate surface area is 92.6 Å². The van der Waals surface area contributed by atoms with Crippen LogP contribution in [0.2, 0.25) is 0 Å². The fourth-order valence-corrected chi connectivity index (χ4v) is 1.79. The summed E-state index contributed by atoms with van der Waals surface area (Å²) in [6, 6.07) is 0. The van der Waals surface area contributed by atoms with E-state index in [4.69, 9.17) is 9.63 Å². The second-order valence-electron chi connectivity index (χ2n) is 3.78. The molecule has 1 saturated heterocycles. The lowest BCUT2D eigenvalue weighted by Crippen LogP contribution is -2.59. The summed E-state index contributed by atoms with van der Waals surface area (Å²) in [6.45, 7) is 1.84. The summed E-state index contributed by atoms with van der Waals surface area (Å²) in [5, 5.41) is 16.5. The Morgan fingerprint density at radius 1 is 1.44 bits per heavy atom. The van der Waals surface area contributed by atoms with Gasteiger partial charge in [-0.15, -0.1) is 0 Å². The van der Waals surface area contributed by atoms with Crippen molar-refractivity contribution in [2.45, 2.75) is 25.7 Å². The number of anilines is 1. The maximum Gasteiger partial charge on any atom is 0.411 e. The number of aromatic nitrogens is 2. The molecule has 7 heteroatoms. The van der Waals surface area contributed by atoms with E-state index >= 15 is 0 Å². The topological polar surface area (TPSA) is 82.5 Å². The van der Waals surface area contributed by atoms with Crippen LogP contribution in [-0.2, 0) is 0 Å². The van der Waals surface area contributed by atoms with E-state index in [0.29, 0.717) is 0 Å². The number of carbonyl (C=O) groups is 1. The highest BCUT2D eigenvalue weighted by molar-refractivity contribution is 5.80. The van der Waals surface area contributed by atoms with Crippen molar-refractivity contribution in [1.82, 2.24) is 5.27 Å². The predicted octanol–water partition coefficient (Wildman–Crippen LogP) is 0.564. The van der Waals surface area contributed by atoms with Gasteiger partial charge in [-0.05, 0) is 12.8 Å². The molecule has 7 nitrogen and oxygen atoms in total. The second-order valence-corrected chi connectivity index (χ2v) is 3.78. The van der Waals surface area contributed by atoms with Crippen LogP contribution in [0, 0.1) is 0 Å². The van der Waals surface area contributed by atoms with Crippen LogP contribution < -0.4 is 15.1 Å². The van der Waals surface area contributed by atoms with Crippen molar-refractivity contribution in [2.75, 3.05) is 23.4 Å². The van der Waals surface area contributed by atoms with Gasteiger partial charge in [0.2, 0.25) is 5.27 Å². The van der Waals surface area contributed by atoms with Gasteiger partial charge in [0.25, 0.3) is 6.20 Å². The number of rotatable bonds is 2. The summed E-state index contributed by atoms with van der Waals surface area (Å²) in [4.78, 5) is 12.0. The predicted molar refractivity (Wildman–Crippen MR) is 54.8 cm³/mol. The highest BCUT2D eigenvalue weighted by Gasteiger charge is 2.22. The van der Waals surface area contributed by atoms with Crippen LogP contribution in [0.15, 0.2) is 10.7 Å². The lowest BCUT2D eigenvalue weighted by molar-refractivity contribution is -0.758. The molecule has 1 aliphatic heterocycles. The van der Waals surface area contributed by atoms with Crippen LogP contribution in [0.4, 0.5) is 10.7 Å². The maximum absolute atomic E-state index is 10.4. The minimum Gasteiger partial charge on any atom is -0.465 e. The van der Waals surface area contributed by atoms with Gasteiger partial charge >= 0.3 is 12.0 Å². The lowest BCUT2D eigenvalue weighted by Gasteiger charge is -2.08. The van der Waals surface area contributed by atoms with E-state index < -0.39 is 6.09 Å². The van der Waals surface area contributed by atoms with E-state index in [1.807, 2.05) is 5.01 Å². The fourth-order valence-electron chi connectivity index (χ4n) is 1.79. The van der Waals surface area contributed by atoms with Crippen molar-refractivity contribution in [3.63, 3.8) is 0 Å². The van der Waals surface area contributed by atoms with Gasteiger partial charge in [-0.2, -0.15) is 5.01 Å². The number of carboxylic acid groups (broad SMARTS) is 1. The summed E-state index contributed by atoms with van der Waals surface area (Å²) in [7, 11) is 0. The fraction of sp³-hybridized carbons (Fsp3) is 0.667. The number of hydrogen-bond acceptors (Lipinski definition) is 4. The van der Waals surface area contributed by atoms with E-state index in [9.17, 15) is 4.79 Å². The molecule has 0 radical (unpaired) electrons. The quantitative estimate of drug-likeness (QED) is 0.721. The van der Waals surface area contributed by atoms with E-state index in [2.05, 4.69) is 10.6 Å². The maximum atomic E-state index is 10.4. The van der Waals surface area contributed by atoms with Crippen molar-refractivity contribution in [3.05, 3.63) is 6.20 Å². The Bertz CT molecular complexity index is 357. The van der Waals surface area contributed by atoms with Crippen LogP contribution in [0.1, 0.15) is 25.7 Å². The Kier molecular flexibility index (Phi) is 3.23. The summed E-state index contributed by atoms with van der Waals surface area (Å²) in [5.41, 5.74) is 0. The molecule has 0 saturated carbocycles. The van der Waals surface area contributed by atoms with Crippen LogP contribution in [0.3, 0.4) is 0 Å². The highest BCUT2D eigenvalue weighted by atomic mass is 16.5. The van der Waals surface area contributed by atoms with E-state index in [-0.39, 0.29) is 5.88 Å². The summed E-state index contributed by atoms with van der Waals surface area (Å²) < 4.78 is 4.85. The smallest absolute Gasteiger partial charge is 0.411 e. The molecule has 16 heavy (non-hydrogen) atoms. The van der Waals surface area contributed by atoms with E-state index in [1.165, 1.54) is 12.8 Å². The Morgan fingerprint density at radius 2 is 2.12 bits per heavy atom. The van der Waals surface area contributed by atoms with Gasteiger partial charge < -0.3 is 5.11 Å². The third kappa shape index (κ3) is 2.62. The van der Waals surface area contributed by atoms with Crippen LogP contribution in [0.25, 0.3) is 0 Å². The van der Waals surface area contributed by atoms with Gasteiger partial charge in [0.05, 0.1) is 17.9 Å². The minimum absolute atomic E-state index is 0.136. The molecule has 1 fully saturated rings. The van der Waals surface area contributed by atoms with Gasteiger partial charge in [0, 0.05) is 0 Å². The van der Waals surface area contributed by atoms with Gasteiger partial charge in [-0.1, -0.05) is 12.8 Å². The minimum atomic E-state index is -1.15. The van der Waals surface area contributed by atoms with Crippen LogP contribution in [0.5, 0.6) is 0 Å². The van der Waals surface area contributed by atoms with Crippen LogP contribution in [-0.4, -0.2) is 29.6 Å². The molecule has 0 spiro atoms. The first-order valence-electron chi connectivity index (χ1n) is 5.39. The van der Waals surface area contributed by atoms with Gasteiger partial charge in [0.15, 0.2) is 0 Å². The molecule has 88 valence electrons. The molecule has 1 aromatic rings. The Balaban J connectivity index is 2.02. The van der Waals surface area contributed by atoms with Crippen molar-refractivity contribution in [3.8, 4) is 0 Å². The first kappa shape index (κ1) is 10.7. The largest absolute Gasteiger partial charge is 0.465 e. The number of hydrogen-bond donors (Lipinski definition) is 2. The molecule has 0 aromatic carbocycles. The zero-order chi connectivity index (χ0) is 11.4. The second kappa shape index (κ2) is 4.82. The average Bonchev–Trinajstić information content (AvgIpc) is 2.53. The van der Waals surface area contributed by atoms with E-state index in [1.54, 1.807) is 11.0 Å². The zero-order valence-electron chi connectivity index (χ0n) is 8.93. The molecule has 1 aromatic heterocycles. The number of nitrogens with one attached hydrogen (secondary N) is 1. The first-order chi connectivity index (χ1) is 7.75. The Hall–Kier alpha value is -1.79. The Morgan fingerprint density at radius 3 is 2.75 bits per heavy atom. The van der Waals surface area contributed by atoms with Crippen molar-refractivity contribution in [2.24, 2.45) is 0 Å². The zero-order valence-corrected chi connectivity index (χ0v) is 8.93. The number of amides is 1. The molecule has 0 bridgehead atoms. The molecule has 2 rings (SSSR count). The van der Waals surface area contributed by atoms with Crippen molar-refractivity contribution >= 4 is 12.0 Å². The molecule has 1 aliphatic rings. The molecule has 1 amide bonds. The highest BCUT2D eigenvalue weighted by Crippen LogP contribution is 2.07. The summed E-state index contributed by atoms with van der Waals surface area (Å²) in [6.07, 6.45) is 5.10. The SMILES string of the molecule is O=C(O)Nc1c[n+](N2CCCCCC2)no1. The van der Waals surface area contributed by atoms with Gasteiger partial charge in [-0.3, -0.25) is 9.84 Å². The van der Waals surface area contributed by atoms with Gasteiger partial charge in [0.1, 0.15) is 0 Å². The standard InChI is InChI=1S/C9H14N4O3/c14-9(15)10-8-7-13(11-16-8)12-5-3-1-2-4-6-12/h7H,1-6H2,(H-,10,11,14,15)/p+1. The summed E-state index contributed by atoms with van der Waals surface area (Å²) in [5.74, 6) is 0.136. The van der Waals surface area contributed by atoms with E-state index in [0.717, 1.165) is 25.9 Å². The third-order valence-corrected chi connectivity index (χ3v) is 2.56. The molecule has 0 unspecified atom stereocenters. The molecule has 2 heterocycles. The van der Waals surface area contributed by atoms with Crippen molar-refractivity contribution < 1.29 is 19.2 Å². The number of nitrogens with zero attached hydrogens (tertiary/aromatic N) is 3. The lowest BCUT2D eigenvalue weighted by atomic mass is 10.2. The molecule has 2 N–H and O–H groups in total. The van der Waals surface area contributed by atoms with Crippen molar-refractivity contribution in [1.29, 1.82) is 0 Å². The normalized spacial score (nSPS) is 16.9. The monoisotopic (exact) mass is 227 g/mol. The third-order valence-electron chi connectivity index (χ3n) is 2.56. The van der Waals surface area contributed by atoms with Gasteiger partial charge in [-0.25, -0.2) is 4.79 Å². The van der Waals surface area contributed by atoms with Crippen LogP contribution >= 0.6 is 0 Å². The molecule has 0 aliphatic carbocycles. The average molecular weight is 227 g/mol. The first-order valence-corrected chi connectivity index (χ1v) is 5.39. The summed E-state index contributed by atoms with van der Waals surface area (Å²) >= 11 is 0. The molecule has 0 atom stereocenters.